The van der Waals surface area contributed by atoms with Crippen molar-refractivity contribution in [2.24, 2.45) is 0 Å². The minimum Gasteiger partial charge on any atom is -0.0546 e. The van der Waals surface area contributed by atoms with Crippen LogP contribution >= 0.6 is 0 Å². The lowest BCUT2D eigenvalue weighted by atomic mass is 9.95. The molecule has 0 unspecified atom stereocenters. The maximum Gasteiger partial charge on any atom is 0.00735 e. The molecule has 0 radical (unpaired) electrons. The summed E-state index contributed by atoms with van der Waals surface area (Å²) in [6, 6.07) is 9.48. The summed E-state index contributed by atoms with van der Waals surface area (Å²) in [6.07, 6.45) is 0. The highest BCUT2D eigenvalue weighted by Gasteiger charge is 2.26. The summed E-state index contributed by atoms with van der Waals surface area (Å²) >= 11 is 0. The van der Waals surface area contributed by atoms with E-state index < -0.39 is 0 Å². The Morgan fingerprint density at radius 1 is 0.611 bits per heavy atom. The van der Waals surface area contributed by atoms with Gasteiger partial charge in [0.05, 0.1) is 0 Å². The van der Waals surface area contributed by atoms with E-state index in [0.717, 1.165) is 0 Å². The Labute approximate surface area is 110 Å². The molecule has 0 heterocycles. The van der Waals surface area contributed by atoms with Crippen molar-refractivity contribution in [2.45, 2.75) is 40.5 Å². The molecule has 1 aliphatic carbocycles. The quantitative estimate of drug-likeness (QED) is 0.600. The van der Waals surface area contributed by atoms with Gasteiger partial charge in [-0.15, -0.1) is 0 Å². The lowest BCUT2D eigenvalue weighted by Crippen LogP contribution is -1.92. The molecule has 0 bridgehead atoms. The maximum absolute atomic E-state index is 2.38. The standard InChI is InChI=1S/C18H20/c1-10-6-15-14(5)16-7-11(2)13(4)9-18(16)17(15)8-12(10)3/h6-9,14H,1-5H3. The van der Waals surface area contributed by atoms with Crippen LogP contribution in [0.2, 0.25) is 0 Å². The molecular weight excluding hydrogens is 216 g/mol. The second-order valence-corrected chi connectivity index (χ2v) is 5.77. The lowest BCUT2D eigenvalue weighted by molar-refractivity contribution is 0.950. The lowest BCUT2D eigenvalue weighted by Gasteiger charge is -2.09. The van der Waals surface area contributed by atoms with Crippen LogP contribution in [-0.2, 0) is 0 Å². The first kappa shape index (κ1) is 11.5. The molecule has 0 atom stereocenters. The van der Waals surface area contributed by atoms with Crippen molar-refractivity contribution in [1.82, 2.24) is 0 Å². The molecule has 0 fully saturated rings. The van der Waals surface area contributed by atoms with E-state index in [4.69, 9.17) is 0 Å². The van der Waals surface area contributed by atoms with Gasteiger partial charge in [0.2, 0.25) is 0 Å². The summed E-state index contributed by atoms with van der Waals surface area (Å²) in [5.74, 6) is 0.536. The molecule has 0 N–H and O–H groups in total. The van der Waals surface area contributed by atoms with E-state index in [0.29, 0.717) is 5.92 Å². The third-order valence-electron chi connectivity index (χ3n) is 4.55. The molecule has 0 amide bonds. The average Bonchev–Trinajstić information content (AvgIpc) is 2.56. The monoisotopic (exact) mass is 236 g/mol. The van der Waals surface area contributed by atoms with Crippen LogP contribution in [0.25, 0.3) is 11.1 Å². The molecule has 0 heteroatoms. The zero-order chi connectivity index (χ0) is 13.0. The Balaban J connectivity index is 2.33. The summed E-state index contributed by atoms with van der Waals surface area (Å²) in [5.41, 5.74) is 11.5. The largest absolute Gasteiger partial charge is 0.0546 e. The van der Waals surface area contributed by atoms with E-state index in [1.165, 1.54) is 44.5 Å². The van der Waals surface area contributed by atoms with Gasteiger partial charge in [0.1, 0.15) is 0 Å². The molecule has 18 heavy (non-hydrogen) atoms. The van der Waals surface area contributed by atoms with Crippen LogP contribution < -0.4 is 0 Å². The number of hydrogen-bond acceptors (Lipinski definition) is 0. The van der Waals surface area contributed by atoms with Gasteiger partial charge in [-0.3, -0.25) is 0 Å². The van der Waals surface area contributed by atoms with Gasteiger partial charge in [-0.1, -0.05) is 31.2 Å². The van der Waals surface area contributed by atoms with Crippen LogP contribution in [0, 0.1) is 27.7 Å². The molecule has 2 aromatic rings. The number of aryl methyl sites for hydroxylation is 4. The third-order valence-corrected chi connectivity index (χ3v) is 4.55. The summed E-state index contributed by atoms with van der Waals surface area (Å²) in [7, 11) is 0. The van der Waals surface area contributed by atoms with Gasteiger partial charge in [0.25, 0.3) is 0 Å². The highest BCUT2D eigenvalue weighted by Crippen LogP contribution is 2.46. The molecule has 0 saturated heterocycles. The molecule has 0 aromatic heterocycles. The number of benzene rings is 2. The van der Waals surface area contributed by atoms with Crippen molar-refractivity contribution in [1.29, 1.82) is 0 Å². The first-order valence-electron chi connectivity index (χ1n) is 6.71. The van der Waals surface area contributed by atoms with Gasteiger partial charge in [0, 0.05) is 5.92 Å². The first-order valence-corrected chi connectivity index (χ1v) is 6.71. The SMILES string of the molecule is Cc1cc2c(cc1C)C(C)c1cc(C)c(C)cc1-2. The van der Waals surface area contributed by atoms with Crippen molar-refractivity contribution in [3.63, 3.8) is 0 Å². The van der Waals surface area contributed by atoms with Gasteiger partial charge in [-0.2, -0.15) is 0 Å². The summed E-state index contributed by atoms with van der Waals surface area (Å²) in [6.45, 7) is 11.2. The normalized spacial score (nSPS) is 13.6. The van der Waals surface area contributed by atoms with Gasteiger partial charge in [-0.25, -0.2) is 0 Å². The molecule has 92 valence electrons. The Bertz CT molecular complexity index is 590. The Morgan fingerprint density at radius 2 is 0.944 bits per heavy atom. The van der Waals surface area contributed by atoms with E-state index in [-0.39, 0.29) is 0 Å². The predicted molar refractivity (Wildman–Crippen MR) is 78.3 cm³/mol. The fourth-order valence-corrected chi connectivity index (χ4v) is 3.03. The minimum atomic E-state index is 0.536. The Hall–Kier alpha value is -1.56. The van der Waals surface area contributed by atoms with E-state index in [2.05, 4.69) is 58.9 Å². The van der Waals surface area contributed by atoms with Crippen molar-refractivity contribution in [3.05, 3.63) is 57.6 Å². The molecule has 2 aromatic carbocycles. The zero-order valence-electron chi connectivity index (χ0n) is 11.9. The molecule has 1 aliphatic rings. The third kappa shape index (κ3) is 1.45. The maximum atomic E-state index is 2.38. The highest BCUT2D eigenvalue weighted by molar-refractivity contribution is 5.80. The number of fused-ring (bicyclic) bond motifs is 3. The van der Waals surface area contributed by atoms with Gasteiger partial charge < -0.3 is 0 Å². The van der Waals surface area contributed by atoms with Gasteiger partial charge in [0.15, 0.2) is 0 Å². The molecule has 0 saturated carbocycles. The van der Waals surface area contributed by atoms with Crippen LogP contribution in [-0.4, -0.2) is 0 Å². The fraction of sp³-hybridized carbons (Fsp3) is 0.333. The van der Waals surface area contributed by atoms with Crippen LogP contribution in [0.3, 0.4) is 0 Å². The molecule has 0 nitrogen and oxygen atoms in total. The summed E-state index contributed by atoms with van der Waals surface area (Å²) in [4.78, 5) is 0. The number of rotatable bonds is 0. The van der Waals surface area contributed by atoms with Crippen molar-refractivity contribution >= 4 is 0 Å². The first-order chi connectivity index (χ1) is 8.49. The fourth-order valence-electron chi connectivity index (χ4n) is 3.03. The van der Waals surface area contributed by atoms with Crippen molar-refractivity contribution in [2.75, 3.05) is 0 Å². The van der Waals surface area contributed by atoms with Crippen molar-refractivity contribution in [3.8, 4) is 11.1 Å². The second-order valence-electron chi connectivity index (χ2n) is 5.77. The van der Waals surface area contributed by atoms with Crippen LogP contribution in [0.15, 0.2) is 24.3 Å². The summed E-state index contributed by atoms with van der Waals surface area (Å²) in [5, 5.41) is 0. The summed E-state index contributed by atoms with van der Waals surface area (Å²) < 4.78 is 0. The van der Waals surface area contributed by atoms with E-state index in [1.807, 2.05) is 0 Å². The van der Waals surface area contributed by atoms with Gasteiger partial charge >= 0.3 is 0 Å². The van der Waals surface area contributed by atoms with Crippen LogP contribution in [0.5, 0.6) is 0 Å². The Morgan fingerprint density at radius 3 is 1.33 bits per heavy atom. The highest BCUT2D eigenvalue weighted by atomic mass is 14.3. The smallest absolute Gasteiger partial charge is 0.00735 e. The number of hydrogen-bond donors (Lipinski definition) is 0. The molecular formula is C18H20. The minimum absolute atomic E-state index is 0.536. The van der Waals surface area contributed by atoms with E-state index >= 15 is 0 Å². The molecule has 0 spiro atoms. The van der Waals surface area contributed by atoms with E-state index in [1.54, 1.807) is 0 Å². The Kier molecular flexibility index (Phi) is 2.38. The van der Waals surface area contributed by atoms with Crippen molar-refractivity contribution < 1.29 is 0 Å². The average molecular weight is 236 g/mol. The van der Waals surface area contributed by atoms with E-state index in [9.17, 15) is 0 Å². The van der Waals surface area contributed by atoms with Crippen LogP contribution in [0.1, 0.15) is 46.2 Å². The van der Waals surface area contributed by atoms with Crippen LogP contribution in [0.4, 0.5) is 0 Å². The topological polar surface area (TPSA) is 0 Å². The second kappa shape index (κ2) is 3.71. The predicted octanol–water partition coefficient (Wildman–Crippen LogP) is 5.05. The zero-order valence-corrected chi connectivity index (χ0v) is 11.9. The van der Waals surface area contributed by atoms with Gasteiger partial charge in [-0.05, 0) is 72.2 Å². The molecule has 0 aliphatic heterocycles. The molecule has 3 rings (SSSR count).